The third-order valence-corrected chi connectivity index (χ3v) is 4.23. The Morgan fingerprint density at radius 3 is 2.35 bits per heavy atom. The topological polar surface area (TPSA) is 93.2 Å². The molecule has 0 spiro atoms. The van der Waals surface area contributed by atoms with Crippen LogP contribution in [0.5, 0.6) is 0 Å². The first-order valence-corrected chi connectivity index (χ1v) is 8.34. The fourth-order valence-electron chi connectivity index (χ4n) is 1.72. The first kappa shape index (κ1) is 17.1. The lowest BCUT2D eigenvalue weighted by molar-refractivity contribution is 0.197. The summed E-state index contributed by atoms with van der Waals surface area (Å²) in [5.41, 5.74) is 0. The highest BCUT2D eigenvalue weighted by atomic mass is 32.2. The number of methoxy groups -OCH3 is 1. The van der Waals surface area contributed by atoms with E-state index in [2.05, 4.69) is 20.2 Å². The lowest BCUT2D eigenvalue weighted by atomic mass is 10.4. The van der Waals surface area contributed by atoms with Crippen LogP contribution in [-0.4, -0.2) is 38.9 Å². The molecule has 0 saturated carbocycles. The van der Waals surface area contributed by atoms with Gasteiger partial charge in [0.1, 0.15) is 11.6 Å². The molecule has 9 heteroatoms. The fraction of sp³-hybridized carbons (Fsp3) is 0.286. The minimum atomic E-state index is -3.82. The number of halogens is 1. The highest BCUT2D eigenvalue weighted by Crippen LogP contribution is 2.15. The third-order valence-electron chi connectivity index (χ3n) is 2.86. The highest BCUT2D eigenvalue weighted by Gasteiger charge is 2.15. The number of benzene rings is 1. The van der Waals surface area contributed by atoms with E-state index in [1.807, 2.05) is 0 Å². The van der Waals surface area contributed by atoms with Gasteiger partial charge < -0.3 is 10.1 Å². The SMILES string of the molecule is COCCCNc1ccc(NS(=O)(=O)c2ccc(F)cc2)nn1. The molecule has 1 heterocycles. The Kier molecular flexibility index (Phi) is 5.83. The molecule has 0 atom stereocenters. The quantitative estimate of drug-likeness (QED) is 0.713. The molecule has 0 aliphatic heterocycles. The molecule has 0 unspecified atom stereocenters. The molecule has 0 aliphatic carbocycles. The van der Waals surface area contributed by atoms with Gasteiger partial charge in [0, 0.05) is 20.3 Å². The third kappa shape index (κ3) is 5.15. The zero-order valence-corrected chi connectivity index (χ0v) is 13.3. The van der Waals surface area contributed by atoms with E-state index in [4.69, 9.17) is 4.74 Å². The Labute approximate surface area is 133 Å². The van der Waals surface area contributed by atoms with Gasteiger partial charge >= 0.3 is 0 Å². The Bertz CT molecular complexity index is 721. The van der Waals surface area contributed by atoms with Crippen LogP contribution in [0.15, 0.2) is 41.3 Å². The molecule has 2 aromatic rings. The number of hydrogen-bond acceptors (Lipinski definition) is 6. The maximum absolute atomic E-state index is 12.8. The van der Waals surface area contributed by atoms with E-state index in [0.717, 1.165) is 18.6 Å². The average Bonchev–Trinajstić information content (AvgIpc) is 2.53. The van der Waals surface area contributed by atoms with Crippen molar-refractivity contribution >= 4 is 21.7 Å². The second-order valence-corrected chi connectivity index (χ2v) is 6.32. The van der Waals surface area contributed by atoms with Crippen molar-refractivity contribution in [2.45, 2.75) is 11.3 Å². The minimum Gasteiger partial charge on any atom is -0.385 e. The zero-order valence-electron chi connectivity index (χ0n) is 12.5. The number of anilines is 2. The van der Waals surface area contributed by atoms with Gasteiger partial charge in [-0.1, -0.05) is 0 Å². The lowest BCUT2D eigenvalue weighted by Gasteiger charge is -2.08. The van der Waals surface area contributed by atoms with Gasteiger partial charge in [0.25, 0.3) is 10.0 Å². The summed E-state index contributed by atoms with van der Waals surface area (Å²) in [6.07, 6.45) is 0.817. The van der Waals surface area contributed by atoms with Crippen LogP contribution < -0.4 is 10.0 Å². The molecule has 23 heavy (non-hydrogen) atoms. The summed E-state index contributed by atoms with van der Waals surface area (Å²) in [5, 5.41) is 10.7. The maximum atomic E-state index is 12.8. The van der Waals surface area contributed by atoms with Crippen molar-refractivity contribution in [3.8, 4) is 0 Å². The van der Waals surface area contributed by atoms with E-state index in [-0.39, 0.29) is 10.7 Å². The molecule has 1 aromatic heterocycles. The summed E-state index contributed by atoms with van der Waals surface area (Å²) in [4.78, 5) is -0.0533. The summed E-state index contributed by atoms with van der Waals surface area (Å²) < 4.78 is 44.3. The van der Waals surface area contributed by atoms with Crippen LogP contribution in [-0.2, 0) is 14.8 Å². The molecular formula is C14H17FN4O3S. The molecule has 0 saturated heterocycles. The van der Waals surface area contributed by atoms with Crippen molar-refractivity contribution in [2.24, 2.45) is 0 Å². The Morgan fingerprint density at radius 1 is 1.09 bits per heavy atom. The molecule has 0 bridgehead atoms. The van der Waals surface area contributed by atoms with Gasteiger partial charge in [0.2, 0.25) is 0 Å². The number of hydrogen-bond donors (Lipinski definition) is 2. The van der Waals surface area contributed by atoms with Gasteiger partial charge in [-0.25, -0.2) is 12.8 Å². The predicted octanol–water partition coefficient (Wildman–Crippen LogP) is 1.86. The molecule has 2 N–H and O–H groups in total. The van der Waals surface area contributed by atoms with Gasteiger partial charge in [0.15, 0.2) is 5.82 Å². The number of nitrogens with one attached hydrogen (secondary N) is 2. The Balaban J connectivity index is 1.98. The molecule has 0 amide bonds. The number of ether oxygens (including phenoxy) is 1. The van der Waals surface area contributed by atoms with Gasteiger partial charge in [-0.15, -0.1) is 10.2 Å². The number of aromatic nitrogens is 2. The number of sulfonamides is 1. The normalized spacial score (nSPS) is 11.2. The Morgan fingerprint density at radius 2 is 1.74 bits per heavy atom. The summed E-state index contributed by atoms with van der Waals surface area (Å²) in [7, 11) is -2.20. The molecule has 0 radical (unpaired) electrons. The second kappa shape index (κ2) is 7.84. The van der Waals surface area contributed by atoms with Crippen LogP contribution >= 0.6 is 0 Å². The van der Waals surface area contributed by atoms with Crippen molar-refractivity contribution < 1.29 is 17.5 Å². The van der Waals surface area contributed by atoms with E-state index < -0.39 is 15.8 Å². The van der Waals surface area contributed by atoms with Gasteiger partial charge in [-0.05, 0) is 42.8 Å². The van der Waals surface area contributed by atoms with Crippen molar-refractivity contribution in [3.05, 3.63) is 42.2 Å². The summed E-state index contributed by atoms with van der Waals surface area (Å²) in [6, 6.07) is 7.61. The van der Waals surface area contributed by atoms with Crippen molar-refractivity contribution in [2.75, 3.05) is 30.3 Å². The Hall–Kier alpha value is -2.26. The summed E-state index contributed by atoms with van der Waals surface area (Å²) >= 11 is 0. The fourth-order valence-corrected chi connectivity index (χ4v) is 2.72. The maximum Gasteiger partial charge on any atom is 0.263 e. The molecule has 0 aliphatic rings. The first-order valence-electron chi connectivity index (χ1n) is 6.86. The largest absolute Gasteiger partial charge is 0.385 e. The van der Waals surface area contributed by atoms with Crippen molar-refractivity contribution in [1.82, 2.24) is 10.2 Å². The van der Waals surface area contributed by atoms with Crippen LogP contribution in [0, 0.1) is 5.82 Å². The number of nitrogens with zero attached hydrogens (tertiary/aromatic N) is 2. The van der Waals surface area contributed by atoms with E-state index in [9.17, 15) is 12.8 Å². The van der Waals surface area contributed by atoms with Gasteiger partial charge in [-0.2, -0.15) is 0 Å². The number of rotatable bonds is 8. The average molecular weight is 340 g/mol. The van der Waals surface area contributed by atoms with Crippen LogP contribution in [0.2, 0.25) is 0 Å². The van der Waals surface area contributed by atoms with Crippen LogP contribution in [0.4, 0.5) is 16.0 Å². The summed E-state index contributed by atoms with van der Waals surface area (Å²) in [6.45, 7) is 1.30. The molecule has 1 aromatic carbocycles. The van der Waals surface area contributed by atoms with E-state index in [0.29, 0.717) is 19.0 Å². The lowest BCUT2D eigenvalue weighted by Crippen LogP contribution is -2.14. The van der Waals surface area contributed by atoms with Crippen LogP contribution in [0.1, 0.15) is 6.42 Å². The first-order chi connectivity index (χ1) is 11.0. The molecule has 2 rings (SSSR count). The monoisotopic (exact) mass is 340 g/mol. The summed E-state index contributed by atoms with van der Waals surface area (Å²) in [5.74, 6) is 0.107. The van der Waals surface area contributed by atoms with Crippen molar-refractivity contribution in [1.29, 1.82) is 0 Å². The highest BCUT2D eigenvalue weighted by molar-refractivity contribution is 7.92. The van der Waals surface area contributed by atoms with Crippen LogP contribution in [0.3, 0.4) is 0 Å². The predicted molar refractivity (Wildman–Crippen MR) is 84.2 cm³/mol. The smallest absolute Gasteiger partial charge is 0.263 e. The molecule has 124 valence electrons. The zero-order chi connectivity index (χ0) is 16.7. The van der Waals surface area contributed by atoms with E-state index in [1.54, 1.807) is 13.2 Å². The molecule has 0 fully saturated rings. The van der Waals surface area contributed by atoms with Gasteiger partial charge in [-0.3, -0.25) is 4.72 Å². The van der Waals surface area contributed by atoms with Crippen molar-refractivity contribution in [3.63, 3.8) is 0 Å². The van der Waals surface area contributed by atoms with Crippen LogP contribution in [0.25, 0.3) is 0 Å². The molecule has 7 nitrogen and oxygen atoms in total. The minimum absolute atomic E-state index is 0.0533. The second-order valence-electron chi connectivity index (χ2n) is 4.64. The van der Waals surface area contributed by atoms with Gasteiger partial charge in [0.05, 0.1) is 4.90 Å². The standard InChI is InChI=1S/C14H17FN4O3S/c1-22-10-2-9-16-13-7-8-14(18-17-13)19-23(20,21)12-5-3-11(15)4-6-12/h3-8H,2,9-10H2,1H3,(H,16,17)(H,18,19). The molecular weight excluding hydrogens is 323 g/mol. The van der Waals surface area contributed by atoms with E-state index in [1.165, 1.54) is 18.2 Å². The van der Waals surface area contributed by atoms with E-state index >= 15 is 0 Å².